The lowest BCUT2D eigenvalue weighted by Crippen LogP contribution is -2.43. The second-order valence-corrected chi connectivity index (χ2v) is 12.9. The number of amides is 1. The summed E-state index contributed by atoms with van der Waals surface area (Å²) >= 11 is 0.694. The summed E-state index contributed by atoms with van der Waals surface area (Å²) in [5, 5.41) is 17.6. The molecular weight excluding hydrogens is 616 g/mol. The van der Waals surface area contributed by atoms with E-state index in [0.29, 0.717) is 18.3 Å². The summed E-state index contributed by atoms with van der Waals surface area (Å²) in [6.45, 7) is 3.74. The maximum absolute atomic E-state index is 15.8. The molecule has 230 valence electrons. The fraction of sp³-hybridized carbons (Fsp3) is 0.500. The van der Waals surface area contributed by atoms with E-state index < -0.39 is 68.8 Å². The molecule has 0 spiro atoms. The van der Waals surface area contributed by atoms with E-state index >= 15 is 4.39 Å². The Hall–Kier alpha value is -3.09. The van der Waals surface area contributed by atoms with Crippen LogP contribution in [-0.2, 0) is 15.6 Å². The van der Waals surface area contributed by atoms with Crippen molar-refractivity contribution in [3.05, 3.63) is 35.1 Å². The van der Waals surface area contributed by atoms with Gasteiger partial charge in [0.1, 0.15) is 23.2 Å². The Labute approximate surface area is 239 Å². The summed E-state index contributed by atoms with van der Waals surface area (Å²) in [6.07, 6.45) is -6.11. The Bertz CT molecular complexity index is 1600. The number of sulfonamides is 1. The van der Waals surface area contributed by atoms with Gasteiger partial charge in [0, 0.05) is 37.1 Å². The van der Waals surface area contributed by atoms with Crippen molar-refractivity contribution in [1.82, 2.24) is 24.8 Å². The van der Waals surface area contributed by atoms with E-state index in [9.17, 15) is 40.3 Å². The summed E-state index contributed by atoms with van der Waals surface area (Å²) in [6, 6.07) is -0.616. The molecule has 1 fully saturated rings. The van der Waals surface area contributed by atoms with Gasteiger partial charge < -0.3 is 14.4 Å². The van der Waals surface area contributed by atoms with E-state index in [1.165, 1.54) is 18.6 Å². The predicted molar refractivity (Wildman–Crippen MR) is 137 cm³/mol. The number of thiazole rings is 1. The maximum atomic E-state index is 15.8. The van der Waals surface area contributed by atoms with E-state index in [0.717, 1.165) is 24.0 Å². The molecule has 4 rings (SSSR count). The molecule has 0 radical (unpaired) electrons. The van der Waals surface area contributed by atoms with Gasteiger partial charge in [-0.25, -0.2) is 26.6 Å². The number of piperidine rings is 1. The molecule has 2 N–H and O–H groups in total. The molecule has 10 nitrogen and oxygen atoms in total. The summed E-state index contributed by atoms with van der Waals surface area (Å²) in [4.78, 5) is 17.9. The highest BCUT2D eigenvalue weighted by Crippen LogP contribution is 2.40. The molecule has 1 aromatic carbocycles. The molecule has 0 bridgehead atoms. The summed E-state index contributed by atoms with van der Waals surface area (Å²) in [7, 11) is -4.82. The van der Waals surface area contributed by atoms with Crippen LogP contribution in [0.4, 0.5) is 26.3 Å². The van der Waals surface area contributed by atoms with Gasteiger partial charge in [-0.15, -0.1) is 21.5 Å². The zero-order valence-corrected chi connectivity index (χ0v) is 24.1. The van der Waals surface area contributed by atoms with Crippen LogP contribution in [0, 0.1) is 12.7 Å². The highest BCUT2D eigenvalue weighted by molar-refractivity contribution is 7.89. The molecule has 3 aromatic rings. The highest BCUT2D eigenvalue weighted by Gasteiger charge is 2.40. The van der Waals surface area contributed by atoms with Gasteiger partial charge in [-0.1, -0.05) is 0 Å². The van der Waals surface area contributed by atoms with Gasteiger partial charge in [0.25, 0.3) is 17.7 Å². The number of aliphatic hydroxyl groups is 1. The Morgan fingerprint density at radius 2 is 1.81 bits per heavy atom. The van der Waals surface area contributed by atoms with Crippen LogP contribution in [0.2, 0.25) is 0 Å². The van der Waals surface area contributed by atoms with E-state index in [2.05, 4.69) is 15.2 Å². The van der Waals surface area contributed by atoms with Crippen LogP contribution in [0.15, 0.2) is 21.4 Å². The molecule has 42 heavy (non-hydrogen) atoms. The first-order valence-corrected chi connectivity index (χ1v) is 14.6. The molecule has 3 heterocycles. The van der Waals surface area contributed by atoms with Crippen molar-refractivity contribution in [2.45, 2.75) is 69.2 Å². The fourth-order valence-corrected chi connectivity index (χ4v) is 6.44. The normalized spacial score (nSPS) is 17.0. The van der Waals surface area contributed by atoms with Gasteiger partial charge in [0.15, 0.2) is 5.01 Å². The molecule has 0 unspecified atom stereocenters. The Balaban J connectivity index is 1.80. The lowest BCUT2D eigenvalue weighted by atomic mass is 10.0. The monoisotopic (exact) mass is 641 g/mol. The number of hydrogen-bond acceptors (Lipinski definition) is 9. The number of carbonyl (C=O) groups excluding carboxylic acids is 1. The zero-order chi connectivity index (χ0) is 31.4. The average molecular weight is 642 g/mol. The van der Waals surface area contributed by atoms with Gasteiger partial charge in [-0.05, 0) is 39.8 Å². The van der Waals surface area contributed by atoms with Crippen LogP contribution in [0.3, 0.4) is 0 Å². The van der Waals surface area contributed by atoms with Crippen LogP contribution in [0.1, 0.15) is 55.6 Å². The Kier molecular flexibility index (Phi) is 8.24. The van der Waals surface area contributed by atoms with Gasteiger partial charge in [-0.3, -0.25) is 4.79 Å². The second-order valence-electron chi connectivity index (χ2n) is 10.3. The van der Waals surface area contributed by atoms with Crippen molar-refractivity contribution >= 4 is 27.3 Å². The molecule has 0 aliphatic carbocycles. The number of benzene rings is 1. The predicted octanol–water partition coefficient (Wildman–Crippen LogP) is 4.64. The molecule has 2 aromatic heterocycles. The molecule has 1 aliphatic heterocycles. The number of nitrogens with zero attached hydrogens (tertiary/aromatic N) is 4. The standard InChI is InChI=1S/C24H25F6N5O5S2/c1-11-14(42(38,39)34-12(2)24(28,29)30)6-5-13(15(11)25)17-16(20(36)35-9-7-23(26,27)8-10-35)31-19(41-17)18-32-33-21(40-18)22(3,4)37/h5-6,12,34,37H,7-10H2,1-4H3/t12-/m0/s1. The minimum atomic E-state index is -4.90. The maximum Gasteiger partial charge on any atom is 0.404 e. The zero-order valence-electron chi connectivity index (χ0n) is 22.5. The topological polar surface area (TPSA) is 139 Å². The lowest BCUT2D eigenvalue weighted by Gasteiger charge is -2.31. The summed E-state index contributed by atoms with van der Waals surface area (Å²) < 4.78 is 114. The molecule has 0 saturated carbocycles. The molecule has 18 heteroatoms. The van der Waals surface area contributed by atoms with Crippen molar-refractivity contribution in [1.29, 1.82) is 0 Å². The van der Waals surface area contributed by atoms with Crippen LogP contribution in [0.5, 0.6) is 0 Å². The van der Waals surface area contributed by atoms with Crippen molar-refractivity contribution in [3.8, 4) is 21.3 Å². The van der Waals surface area contributed by atoms with E-state index in [1.54, 1.807) is 0 Å². The molecular formula is C24H25F6N5O5S2. The van der Waals surface area contributed by atoms with Gasteiger partial charge in [0.2, 0.25) is 15.9 Å². The number of carbonyl (C=O) groups is 1. The Morgan fingerprint density at radius 3 is 2.36 bits per heavy atom. The van der Waals surface area contributed by atoms with Gasteiger partial charge in [0.05, 0.1) is 9.77 Å². The first kappa shape index (κ1) is 31.8. The largest absolute Gasteiger partial charge is 0.415 e. The third-order valence-electron chi connectivity index (χ3n) is 6.44. The highest BCUT2D eigenvalue weighted by atomic mass is 32.2. The average Bonchev–Trinajstić information content (AvgIpc) is 3.52. The molecule has 1 aliphatic rings. The van der Waals surface area contributed by atoms with Crippen LogP contribution >= 0.6 is 11.3 Å². The van der Waals surface area contributed by atoms with Crippen LogP contribution < -0.4 is 4.72 Å². The van der Waals surface area contributed by atoms with Gasteiger partial charge in [-0.2, -0.15) is 17.9 Å². The van der Waals surface area contributed by atoms with Crippen LogP contribution in [0.25, 0.3) is 21.3 Å². The van der Waals surface area contributed by atoms with Crippen molar-refractivity contribution in [2.75, 3.05) is 13.1 Å². The number of nitrogens with one attached hydrogen (secondary N) is 1. The Morgan fingerprint density at radius 1 is 1.19 bits per heavy atom. The number of rotatable bonds is 7. The van der Waals surface area contributed by atoms with Gasteiger partial charge >= 0.3 is 6.18 Å². The van der Waals surface area contributed by atoms with Crippen molar-refractivity contribution < 1.29 is 49.1 Å². The van der Waals surface area contributed by atoms with E-state index in [1.807, 2.05) is 0 Å². The lowest BCUT2D eigenvalue weighted by molar-refractivity contribution is -0.147. The molecule has 1 atom stereocenters. The van der Waals surface area contributed by atoms with E-state index in [4.69, 9.17) is 4.42 Å². The van der Waals surface area contributed by atoms with Crippen molar-refractivity contribution in [2.24, 2.45) is 0 Å². The third kappa shape index (κ3) is 6.45. The molecule has 1 saturated heterocycles. The number of hydrogen-bond donors (Lipinski definition) is 2. The number of alkyl halides is 5. The summed E-state index contributed by atoms with van der Waals surface area (Å²) in [5.41, 5.74) is -2.78. The quantitative estimate of drug-likeness (QED) is 0.356. The van der Waals surface area contributed by atoms with E-state index in [-0.39, 0.29) is 46.0 Å². The SMILES string of the molecule is Cc1c(S(=O)(=O)N[C@@H](C)C(F)(F)F)ccc(-c2sc(-c3nnc(C(C)(C)O)o3)nc2C(=O)N2CCC(F)(F)CC2)c1F. The smallest absolute Gasteiger partial charge is 0.404 e. The third-order valence-corrected chi connectivity index (χ3v) is 9.20. The first-order valence-electron chi connectivity index (χ1n) is 12.3. The van der Waals surface area contributed by atoms with Crippen molar-refractivity contribution in [3.63, 3.8) is 0 Å². The number of likely N-dealkylation sites (tertiary alicyclic amines) is 1. The second kappa shape index (κ2) is 10.9. The summed E-state index contributed by atoms with van der Waals surface area (Å²) in [5.74, 6) is -5.40. The minimum Gasteiger partial charge on any atom is -0.415 e. The minimum absolute atomic E-state index is 0.0897. The number of halogens is 6. The fourth-order valence-electron chi connectivity index (χ4n) is 3.98. The molecule has 1 amide bonds. The van der Waals surface area contributed by atoms with Crippen LogP contribution in [-0.4, -0.2) is 70.7 Å². The first-order chi connectivity index (χ1) is 19.2. The number of aromatic nitrogens is 3.